The maximum Gasteiger partial charge on any atom is 0.0155 e. The summed E-state index contributed by atoms with van der Waals surface area (Å²) in [6, 6.07) is 38.9. The Labute approximate surface area is 260 Å². The van der Waals surface area contributed by atoms with Crippen molar-refractivity contribution in [1.82, 2.24) is 0 Å². The SMILES string of the molecule is CC1(C)C2=C(CCC(c3ccc(-c4cccc5ccccc45)cc3)=C2)c2cc3c(cc21)C1=c2ccccc2=CCC1C3(C)C. The third kappa shape index (κ3) is 3.52. The van der Waals surface area contributed by atoms with Crippen molar-refractivity contribution in [2.75, 3.05) is 0 Å². The maximum absolute atomic E-state index is 2.61. The fraction of sp³-hybridized carbons (Fsp3) is 0.227. The van der Waals surface area contributed by atoms with Crippen molar-refractivity contribution in [3.63, 3.8) is 0 Å². The second-order valence-corrected chi connectivity index (χ2v) is 14.4. The molecular weight excluding hydrogens is 528 g/mol. The number of hydrogen-bond acceptors (Lipinski definition) is 0. The Morgan fingerprint density at radius 1 is 0.636 bits per heavy atom. The zero-order valence-electron chi connectivity index (χ0n) is 26.2. The minimum absolute atomic E-state index is 0.0165. The molecule has 0 nitrogen and oxygen atoms in total. The van der Waals surface area contributed by atoms with E-state index in [4.69, 9.17) is 0 Å². The number of benzene rings is 5. The van der Waals surface area contributed by atoms with Crippen LogP contribution in [0.3, 0.4) is 0 Å². The van der Waals surface area contributed by atoms with E-state index in [0.717, 1.165) is 19.3 Å². The van der Waals surface area contributed by atoms with Gasteiger partial charge in [0.15, 0.2) is 0 Å². The Balaban J connectivity index is 1.13. The predicted octanol–water partition coefficient (Wildman–Crippen LogP) is 9.72. The number of hydrogen-bond donors (Lipinski definition) is 0. The lowest BCUT2D eigenvalue weighted by Gasteiger charge is -2.29. The smallest absolute Gasteiger partial charge is 0.0155 e. The average molecular weight is 567 g/mol. The summed E-state index contributed by atoms with van der Waals surface area (Å²) in [5.41, 5.74) is 16.3. The van der Waals surface area contributed by atoms with Crippen molar-refractivity contribution >= 4 is 33.6 Å². The molecule has 0 spiro atoms. The van der Waals surface area contributed by atoms with Crippen molar-refractivity contribution in [2.24, 2.45) is 5.92 Å². The van der Waals surface area contributed by atoms with Crippen LogP contribution in [0.1, 0.15) is 74.8 Å². The highest BCUT2D eigenvalue weighted by atomic mass is 14.5. The summed E-state index contributed by atoms with van der Waals surface area (Å²) in [5, 5.41) is 5.45. The van der Waals surface area contributed by atoms with Crippen LogP contribution in [-0.4, -0.2) is 0 Å². The van der Waals surface area contributed by atoms with Gasteiger partial charge in [0, 0.05) is 5.41 Å². The molecule has 0 saturated carbocycles. The van der Waals surface area contributed by atoms with Crippen LogP contribution >= 0.6 is 0 Å². The molecule has 0 saturated heterocycles. The molecule has 0 N–H and O–H groups in total. The summed E-state index contributed by atoms with van der Waals surface area (Å²) in [7, 11) is 0. The van der Waals surface area contributed by atoms with E-state index in [0.29, 0.717) is 5.92 Å². The maximum atomic E-state index is 2.61. The van der Waals surface area contributed by atoms with E-state index >= 15 is 0 Å². The lowest BCUT2D eigenvalue weighted by atomic mass is 9.74. The van der Waals surface area contributed by atoms with Crippen molar-refractivity contribution in [3.05, 3.63) is 153 Å². The summed E-state index contributed by atoms with van der Waals surface area (Å²) < 4.78 is 0. The topological polar surface area (TPSA) is 0 Å². The number of fused-ring (bicyclic) bond motifs is 7. The molecule has 9 rings (SSSR count). The molecule has 0 aromatic heterocycles. The van der Waals surface area contributed by atoms with Crippen molar-refractivity contribution < 1.29 is 0 Å². The van der Waals surface area contributed by atoms with Gasteiger partial charge in [-0.15, -0.1) is 0 Å². The van der Waals surface area contributed by atoms with Crippen LogP contribution in [0.15, 0.2) is 115 Å². The van der Waals surface area contributed by atoms with Crippen molar-refractivity contribution in [2.45, 2.75) is 57.8 Å². The van der Waals surface area contributed by atoms with Gasteiger partial charge in [-0.25, -0.2) is 0 Å². The van der Waals surface area contributed by atoms with Gasteiger partial charge in [0.1, 0.15) is 0 Å². The van der Waals surface area contributed by atoms with Gasteiger partial charge in [0.25, 0.3) is 0 Å². The quantitative estimate of drug-likeness (QED) is 0.200. The fourth-order valence-electron chi connectivity index (χ4n) is 9.05. The molecule has 0 radical (unpaired) electrons. The molecule has 0 amide bonds. The molecule has 44 heavy (non-hydrogen) atoms. The molecule has 1 unspecified atom stereocenters. The zero-order chi connectivity index (χ0) is 29.8. The minimum atomic E-state index is -0.0165. The molecule has 5 aromatic carbocycles. The first-order valence-electron chi connectivity index (χ1n) is 16.3. The molecule has 0 aliphatic heterocycles. The zero-order valence-corrected chi connectivity index (χ0v) is 26.2. The first-order valence-corrected chi connectivity index (χ1v) is 16.3. The van der Waals surface area contributed by atoms with Gasteiger partial charge in [0.2, 0.25) is 0 Å². The van der Waals surface area contributed by atoms with Crippen LogP contribution < -0.4 is 10.4 Å². The van der Waals surface area contributed by atoms with E-state index in [1.807, 2.05) is 0 Å². The normalized spacial score (nSPS) is 20.3. The van der Waals surface area contributed by atoms with E-state index in [2.05, 4.69) is 143 Å². The number of rotatable bonds is 2. The molecule has 0 heterocycles. The van der Waals surface area contributed by atoms with Crippen LogP contribution in [-0.2, 0) is 10.8 Å². The van der Waals surface area contributed by atoms with E-state index in [1.54, 1.807) is 16.7 Å². The predicted molar refractivity (Wildman–Crippen MR) is 187 cm³/mol. The molecule has 0 bridgehead atoms. The van der Waals surface area contributed by atoms with Gasteiger partial charge in [-0.05, 0) is 125 Å². The highest BCUT2D eigenvalue weighted by molar-refractivity contribution is 5.97. The van der Waals surface area contributed by atoms with E-state index in [1.165, 1.54) is 65.7 Å². The van der Waals surface area contributed by atoms with E-state index < -0.39 is 0 Å². The summed E-state index contributed by atoms with van der Waals surface area (Å²) in [4.78, 5) is 0. The number of allylic oxidation sites excluding steroid dienone is 4. The first kappa shape index (κ1) is 26.0. The Bertz CT molecular complexity index is 2230. The summed E-state index contributed by atoms with van der Waals surface area (Å²) in [5.74, 6) is 0.543. The first-order chi connectivity index (χ1) is 21.3. The lowest BCUT2D eigenvalue weighted by Crippen LogP contribution is -2.35. The highest BCUT2D eigenvalue weighted by Gasteiger charge is 2.46. The van der Waals surface area contributed by atoms with Crippen LogP contribution in [0.2, 0.25) is 0 Å². The molecule has 0 heteroatoms. The van der Waals surface area contributed by atoms with Crippen LogP contribution in [0.5, 0.6) is 0 Å². The second-order valence-electron chi connectivity index (χ2n) is 14.4. The largest absolute Gasteiger partial charge is 0.0760 e. The van der Waals surface area contributed by atoms with Gasteiger partial charge in [0.05, 0.1) is 0 Å². The third-order valence-electron chi connectivity index (χ3n) is 11.5. The molecule has 0 fully saturated rings. The highest BCUT2D eigenvalue weighted by Crippen LogP contribution is 2.57. The average Bonchev–Trinajstić information content (AvgIpc) is 3.42. The minimum Gasteiger partial charge on any atom is -0.0760 e. The molecule has 4 aliphatic rings. The molecule has 4 aliphatic carbocycles. The summed E-state index contributed by atoms with van der Waals surface area (Å²) in [6.07, 6.45) is 8.34. The molecule has 5 aromatic rings. The van der Waals surface area contributed by atoms with Gasteiger partial charge < -0.3 is 0 Å². The van der Waals surface area contributed by atoms with Crippen LogP contribution in [0.4, 0.5) is 0 Å². The lowest BCUT2D eigenvalue weighted by molar-refractivity contribution is 0.419. The molecule has 214 valence electrons. The Hall–Kier alpha value is -4.42. The Kier molecular flexibility index (Phi) is 5.35. The standard InChI is InChI=1S/C44H38/c1-43(2)38-23-21-29-11-6-8-14-34(29)42(38)37-26-40-36(25-41(37)43)35-22-20-31(24-39(35)44(40,3)4)27-16-18-30(19-17-27)33-15-9-12-28-10-5-7-13-32(28)33/h5-19,21,24-26,38H,20,22-23H2,1-4H3. The van der Waals surface area contributed by atoms with E-state index in [-0.39, 0.29) is 10.8 Å². The Morgan fingerprint density at radius 2 is 1.36 bits per heavy atom. The fourth-order valence-corrected chi connectivity index (χ4v) is 9.05. The van der Waals surface area contributed by atoms with Crippen molar-refractivity contribution in [1.29, 1.82) is 0 Å². The van der Waals surface area contributed by atoms with Crippen LogP contribution in [0.25, 0.3) is 44.7 Å². The summed E-state index contributed by atoms with van der Waals surface area (Å²) in [6.45, 7) is 9.87. The van der Waals surface area contributed by atoms with Gasteiger partial charge in [-0.2, -0.15) is 0 Å². The monoisotopic (exact) mass is 566 g/mol. The summed E-state index contributed by atoms with van der Waals surface area (Å²) >= 11 is 0. The third-order valence-corrected chi connectivity index (χ3v) is 11.5. The van der Waals surface area contributed by atoms with Crippen LogP contribution in [0, 0.1) is 5.92 Å². The molecule has 1 atom stereocenters. The van der Waals surface area contributed by atoms with Crippen molar-refractivity contribution in [3.8, 4) is 11.1 Å². The van der Waals surface area contributed by atoms with Gasteiger partial charge >= 0.3 is 0 Å². The van der Waals surface area contributed by atoms with E-state index in [9.17, 15) is 0 Å². The Morgan fingerprint density at radius 3 is 2.23 bits per heavy atom. The van der Waals surface area contributed by atoms with Gasteiger partial charge in [-0.1, -0.05) is 131 Å². The molecular formula is C44H38. The van der Waals surface area contributed by atoms with Gasteiger partial charge in [-0.3, -0.25) is 0 Å². The second kappa shape index (κ2) is 9.05.